The number of rotatable bonds is 5. The summed E-state index contributed by atoms with van der Waals surface area (Å²) in [6.45, 7) is 0.201. The highest BCUT2D eigenvalue weighted by atomic mass is 32.2. The van der Waals surface area contributed by atoms with Gasteiger partial charge in [0.1, 0.15) is 11.5 Å². The van der Waals surface area contributed by atoms with Crippen LogP contribution < -0.4 is 14.8 Å². The normalized spacial score (nSPS) is 17.7. The summed E-state index contributed by atoms with van der Waals surface area (Å²) in [5.41, 5.74) is 0.475. The van der Waals surface area contributed by atoms with Crippen molar-refractivity contribution in [3.63, 3.8) is 0 Å². The van der Waals surface area contributed by atoms with Crippen molar-refractivity contribution < 1.29 is 22.7 Å². The molecule has 2 rings (SSSR count). The molecule has 0 radical (unpaired) electrons. The minimum absolute atomic E-state index is 0.103. The smallest absolute Gasteiger partial charge is 0.239 e. The average Bonchev–Trinajstić information content (AvgIpc) is 2.49. The quantitative estimate of drug-likeness (QED) is 0.874. The summed E-state index contributed by atoms with van der Waals surface area (Å²) in [5, 5.41) is 2.67. The number of benzene rings is 1. The molecule has 1 aliphatic heterocycles. The Morgan fingerprint density at radius 3 is 2.68 bits per heavy atom. The lowest BCUT2D eigenvalue weighted by atomic mass is 10.2. The van der Waals surface area contributed by atoms with E-state index in [-0.39, 0.29) is 12.3 Å². The van der Waals surface area contributed by atoms with Gasteiger partial charge in [0.15, 0.2) is 0 Å². The highest BCUT2D eigenvalue weighted by Gasteiger charge is 2.27. The molecule has 0 aromatic heterocycles. The maximum Gasteiger partial charge on any atom is 0.239 e. The Balaban J connectivity index is 2.06. The molecule has 0 atom stereocenters. The van der Waals surface area contributed by atoms with Gasteiger partial charge in [-0.05, 0) is 25.0 Å². The molecule has 122 valence electrons. The first-order chi connectivity index (χ1) is 10.5. The molecule has 8 heteroatoms. The number of hydrogen-bond acceptors (Lipinski definition) is 5. The van der Waals surface area contributed by atoms with Crippen LogP contribution in [0.3, 0.4) is 0 Å². The summed E-state index contributed by atoms with van der Waals surface area (Å²) in [6, 6.07) is 4.99. The first-order valence-corrected chi connectivity index (χ1v) is 8.57. The zero-order valence-corrected chi connectivity index (χ0v) is 13.5. The molecule has 1 heterocycles. The number of ether oxygens (including phenoxy) is 2. The monoisotopic (exact) mass is 328 g/mol. The molecule has 1 aliphatic rings. The molecule has 1 N–H and O–H groups in total. The van der Waals surface area contributed by atoms with E-state index in [2.05, 4.69) is 5.32 Å². The number of nitrogens with zero attached hydrogens (tertiary/aromatic N) is 1. The predicted molar refractivity (Wildman–Crippen MR) is 82.8 cm³/mol. The Morgan fingerprint density at radius 2 is 2.05 bits per heavy atom. The van der Waals surface area contributed by atoms with Crippen LogP contribution in [0.5, 0.6) is 11.5 Å². The van der Waals surface area contributed by atoms with Crippen LogP contribution in [0.1, 0.15) is 12.8 Å². The third-order valence-electron chi connectivity index (χ3n) is 3.46. The number of anilines is 1. The molecule has 1 aromatic carbocycles. The van der Waals surface area contributed by atoms with Gasteiger partial charge in [-0.2, -0.15) is 4.31 Å². The highest BCUT2D eigenvalue weighted by molar-refractivity contribution is 7.89. The summed E-state index contributed by atoms with van der Waals surface area (Å²) in [5.74, 6) is 0.767. The molecule has 7 nitrogen and oxygen atoms in total. The van der Waals surface area contributed by atoms with Crippen molar-refractivity contribution >= 4 is 21.6 Å². The van der Waals surface area contributed by atoms with Crippen LogP contribution in [0.4, 0.5) is 5.69 Å². The van der Waals surface area contributed by atoms with E-state index in [1.54, 1.807) is 18.2 Å². The van der Waals surface area contributed by atoms with E-state index < -0.39 is 15.9 Å². The predicted octanol–water partition coefficient (Wildman–Crippen LogP) is 1.07. The van der Waals surface area contributed by atoms with Gasteiger partial charge in [-0.3, -0.25) is 4.79 Å². The number of methoxy groups -OCH3 is 2. The van der Waals surface area contributed by atoms with Crippen LogP contribution in [0.2, 0.25) is 0 Å². The van der Waals surface area contributed by atoms with E-state index in [4.69, 9.17) is 9.47 Å². The van der Waals surface area contributed by atoms with E-state index in [9.17, 15) is 13.2 Å². The summed E-state index contributed by atoms with van der Waals surface area (Å²) in [6.07, 6.45) is 1.42. The highest BCUT2D eigenvalue weighted by Crippen LogP contribution is 2.29. The molecule has 0 bridgehead atoms. The number of carbonyl (C=O) groups is 1. The van der Waals surface area contributed by atoms with Gasteiger partial charge >= 0.3 is 0 Å². The number of amides is 1. The molecule has 1 aromatic rings. The summed E-state index contributed by atoms with van der Waals surface area (Å²) in [7, 11) is -0.294. The van der Waals surface area contributed by atoms with E-state index in [1.807, 2.05) is 0 Å². The Morgan fingerprint density at radius 1 is 1.27 bits per heavy atom. The third kappa shape index (κ3) is 3.89. The van der Waals surface area contributed by atoms with Gasteiger partial charge in [0.05, 0.1) is 32.2 Å². The Bertz CT molecular complexity index is 645. The molecular formula is C14H20N2O5S. The molecular weight excluding hydrogens is 308 g/mol. The van der Waals surface area contributed by atoms with Crippen LogP contribution in [-0.4, -0.2) is 51.7 Å². The van der Waals surface area contributed by atoms with E-state index in [0.717, 1.165) is 6.42 Å². The lowest BCUT2D eigenvalue weighted by Crippen LogP contribution is -2.42. The second-order valence-electron chi connectivity index (χ2n) is 4.97. The van der Waals surface area contributed by atoms with Crippen molar-refractivity contribution in [2.45, 2.75) is 12.8 Å². The Hall–Kier alpha value is -1.80. The van der Waals surface area contributed by atoms with Crippen LogP contribution >= 0.6 is 0 Å². The third-order valence-corrected chi connectivity index (χ3v) is 5.36. The average molecular weight is 328 g/mol. The van der Waals surface area contributed by atoms with Crippen LogP contribution in [-0.2, 0) is 14.8 Å². The number of hydrogen-bond donors (Lipinski definition) is 1. The summed E-state index contributed by atoms with van der Waals surface area (Å²) < 4.78 is 35.3. The molecule has 1 saturated heterocycles. The van der Waals surface area contributed by atoms with Gasteiger partial charge in [0.2, 0.25) is 15.9 Å². The van der Waals surface area contributed by atoms with Gasteiger partial charge in [-0.25, -0.2) is 8.42 Å². The second kappa shape index (κ2) is 6.97. The summed E-state index contributed by atoms with van der Waals surface area (Å²) >= 11 is 0. The summed E-state index contributed by atoms with van der Waals surface area (Å²) in [4.78, 5) is 12.1. The maximum absolute atomic E-state index is 12.1. The first kappa shape index (κ1) is 16.6. The van der Waals surface area contributed by atoms with E-state index in [1.165, 1.54) is 18.5 Å². The largest absolute Gasteiger partial charge is 0.497 e. The van der Waals surface area contributed by atoms with Gasteiger partial charge in [0, 0.05) is 12.6 Å². The SMILES string of the molecule is COc1ccc(NC(=O)CN2CCCCS2(=O)=O)c(OC)c1. The zero-order valence-electron chi connectivity index (χ0n) is 12.7. The standard InChI is InChI=1S/C14H20N2O5S/c1-20-11-5-6-12(13(9-11)21-2)15-14(17)10-16-7-3-4-8-22(16,18)19/h5-6,9H,3-4,7-8,10H2,1-2H3,(H,15,17). The Kier molecular flexibility index (Phi) is 5.25. The molecule has 1 amide bonds. The molecule has 0 saturated carbocycles. The fourth-order valence-corrected chi connectivity index (χ4v) is 3.82. The number of sulfonamides is 1. The minimum Gasteiger partial charge on any atom is -0.497 e. The van der Waals surface area contributed by atoms with Gasteiger partial charge in [-0.15, -0.1) is 0 Å². The van der Waals surface area contributed by atoms with E-state index in [0.29, 0.717) is 30.2 Å². The fourth-order valence-electron chi connectivity index (χ4n) is 2.27. The van der Waals surface area contributed by atoms with Crippen molar-refractivity contribution in [3.05, 3.63) is 18.2 Å². The van der Waals surface area contributed by atoms with Crippen LogP contribution in [0, 0.1) is 0 Å². The Labute approximate surface area is 130 Å². The van der Waals surface area contributed by atoms with Gasteiger partial charge < -0.3 is 14.8 Å². The number of carbonyl (C=O) groups excluding carboxylic acids is 1. The van der Waals surface area contributed by atoms with Crippen molar-refractivity contribution in [1.82, 2.24) is 4.31 Å². The van der Waals surface area contributed by atoms with Gasteiger partial charge in [-0.1, -0.05) is 0 Å². The maximum atomic E-state index is 12.1. The lowest BCUT2D eigenvalue weighted by Gasteiger charge is -2.25. The first-order valence-electron chi connectivity index (χ1n) is 6.96. The zero-order chi connectivity index (χ0) is 16.2. The topological polar surface area (TPSA) is 84.9 Å². The number of nitrogens with one attached hydrogen (secondary N) is 1. The van der Waals surface area contributed by atoms with Gasteiger partial charge in [0.25, 0.3) is 0 Å². The molecule has 1 fully saturated rings. The molecule has 0 spiro atoms. The molecule has 0 aliphatic carbocycles. The van der Waals surface area contributed by atoms with Crippen LogP contribution in [0.25, 0.3) is 0 Å². The molecule has 22 heavy (non-hydrogen) atoms. The van der Waals surface area contributed by atoms with Crippen molar-refractivity contribution in [3.8, 4) is 11.5 Å². The van der Waals surface area contributed by atoms with Crippen molar-refractivity contribution in [1.29, 1.82) is 0 Å². The van der Waals surface area contributed by atoms with Crippen molar-refractivity contribution in [2.24, 2.45) is 0 Å². The van der Waals surface area contributed by atoms with Crippen molar-refractivity contribution in [2.75, 3.05) is 38.4 Å². The van der Waals surface area contributed by atoms with E-state index >= 15 is 0 Å². The molecule has 0 unspecified atom stereocenters. The fraction of sp³-hybridized carbons (Fsp3) is 0.500. The lowest BCUT2D eigenvalue weighted by molar-refractivity contribution is -0.116. The second-order valence-corrected chi connectivity index (χ2v) is 7.06. The minimum atomic E-state index is -3.32. The van der Waals surface area contributed by atoms with Crippen LogP contribution in [0.15, 0.2) is 18.2 Å².